The van der Waals surface area contributed by atoms with Gasteiger partial charge in [-0.2, -0.15) is 0 Å². The number of carbonyl (C=O) groups is 4. The summed E-state index contributed by atoms with van der Waals surface area (Å²) in [5.74, 6) is -3.59. The minimum Gasteiger partial charge on any atom is -0.478 e. The smallest absolute Gasteiger partial charge is 0.419 e. The number of aromatic nitrogens is 4. The number of carboxylic acid groups (broad SMARTS) is 1. The topological polar surface area (TPSA) is 204 Å². The number of amides is 3. The van der Waals surface area contributed by atoms with Crippen molar-refractivity contribution < 1.29 is 28.7 Å². The van der Waals surface area contributed by atoms with E-state index < -0.39 is 35.5 Å². The molecule has 43 heavy (non-hydrogen) atoms. The normalized spacial score (nSPS) is 14.1. The SMILES string of the molecule is Cc1c(C(=O)O)ccc2c1CC[C@@H]2NC(=O)c1cc(C(=O)NCc2ccc3oc(=O)n(C)c3c2)nc2c(C(N)=O)ncn12. The molecule has 0 spiro atoms. The van der Waals surface area contributed by atoms with Crippen LogP contribution in [0, 0.1) is 6.92 Å². The molecule has 3 amide bonds. The number of imidazole rings is 1. The van der Waals surface area contributed by atoms with Crippen LogP contribution in [0.4, 0.5) is 0 Å². The molecule has 0 bridgehead atoms. The molecule has 14 nitrogen and oxygen atoms in total. The van der Waals surface area contributed by atoms with Crippen LogP contribution in [0.3, 0.4) is 0 Å². The van der Waals surface area contributed by atoms with Crippen molar-refractivity contribution in [2.45, 2.75) is 32.4 Å². The van der Waals surface area contributed by atoms with Crippen LogP contribution in [0.1, 0.15) is 76.5 Å². The van der Waals surface area contributed by atoms with Gasteiger partial charge in [0, 0.05) is 13.6 Å². The molecule has 1 aliphatic rings. The van der Waals surface area contributed by atoms with Crippen molar-refractivity contribution in [3.8, 4) is 0 Å². The summed E-state index contributed by atoms with van der Waals surface area (Å²) in [6.45, 7) is 1.82. The van der Waals surface area contributed by atoms with Gasteiger partial charge in [0.05, 0.1) is 17.1 Å². The lowest BCUT2D eigenvalue weighted by Crippen LogP contribution is -2.30. The third-order valence-corrected chi connectivity index (χ3v) is 7.74. The molecule has 6 rings (SSSR count). The molecule has 3 aromatic heterocycles. The predicted octanol–water partition coefficient (Wildman–Crippen LogP) is 1.63. The van der Waals surface area contributed by atoms with Gasteiger partial charge in [-0.15, -0.1) is 0 Å². The van der Waals surface area contributed by atoms with Crippen LogP contribution in [-0.4, -0.2) is 47.7 Å². The van der Waals surface area contributed by atoms with Crippen molar-refractivity contribution in [2.75, 3.05) is 0 Å². The molecule has 1 aliphatic carbocycles. The Morgan fingerprint density at radius 2 is 1.93 bits per heavy atom. The number of hydrogen-bond acceptors (Lipinski definition) is 8. The molecule has 3 heterocycles. The summed E-state index contributed by atoms with van der Waals surface area (Å²) in [5, 5.41) is 15.2. The molecule has 0 aliphatic heterocycles. The van der Waals surface area contributed by atoms with Gasteiger partial charge in [-0.3, -0.25) is 23.4 Å². The Bertz CT molecular complexity index is 2070. The number of nitrogens with one attached hydrogen (secondary N) is 2. The van der Waals surface area contributed by atoms with Crippen LogP contribution in [-0.2, 0) is 20.0 Å². The van der Waals surface area contributed by atoms with Gasteiger partial charge in [0.2, 0.25) is 0 Å². The van der Waals surface area contributed by atoms with Crippen LogP contribution >= 0.6 is 0 Å². The van der Waals surface area contributed by atoms with E-state index in [1.54, 1.807) is 38.2 Å². The Hall–Kier alpha value is -5.79. The Balaban J connectivity index is 1.29. The van der Waals surface area contributed by atoms with Crippen molar-refractivity contribution in [1.82, 2.24) is 29.6 Å². The monoisotopic (exact) mass is 583 g/mol. The summed E-state index contributed by atoms with van der Waals surface area (Å²) in [5.41, 5.74) is 9.25. The van der Waals surface area contributed by atoms with Gasteiger partial charge in [0.15, 0.2) is 16.9 Å². The van der Waals surface area contributed by atoms with Gasteiger partial charge in [-0.25, -0.2) is 19.6 Å². The van der Waals surface area contributed by atoms with Crippen LogP contribution < -0.4 is 22.1 Å². The molecule has 0 fully saturated rings. The minimum atomic E-state index is -1.02. The number of hydrogen-bond donors (Lipinski definition) is 4. The fourth-order valence-corrected chi connectivity index (χ4v) is 5.48. The first-order chi connectivity index (χ1) is 20.5. The van der Waals surface area contributed by atoms with Crippen molar-refractivity contribution in [1.29, 1.82) is 0 Å². The van der Waals surface area contributed by atoms with Crippen LogP contribution in [0.15, 0.2) is 51.9 Å². The highest BCUT2D eigenvalue weighted by Gasteiger charge is 2.29. The second-order valence-corrected chi connectivity index (χ2v) is 10.3. The van der Waals surface area contributed by atoms with Crippen molar-refractivity contribution in [2.24, 2.45) is 12.8 Å². The fraction of sp³-hybridized carbons (Fsp3) is 0.207. The van der Waals surface area contributed by atoms with Gasteiger partial charge >= 0.3 is 11.7 Å². The number of rotatable bonds is 7. The van der Waals surface area contributed by atoms with Gasteiger partial charge in [0.1, 0.15) is 17.7 Å². The van der Waals surface area contributed by atoms with Gasteiger partial charge in [-0.1, -0.05) is 12.1 Å². The minimum absolute atomic E-state index is 0.00250. The van der Waals surface area contributed by atoms with E-state index >= 15 is 0 Å². The molecule has 5 aromatic rings. The molecule has 218 valence electrons. The van der Waals surface area contributed by atoms with E-state index in [0.29, 0.717) is 35.1 Å². The predicted molar refractivity (Wildman–Crippen MR) is 151 cm³/mol. The maximum Gasteiger partial charge on any atom is 0.419 e. The standard InChI is InChI=1S/C29H25N7O7/c1-13-15-6-7-18(17(15)5-4-16(13)28(40)41)34-27(39)21-10-19(33-25-23(24(30)37)32-12-36(21)25)26(38)31-11-14-3-8-22-20(9-14)35(2)29(42)43-22/h3-5,8-10,12,18H,6-7,11H2,1-2H3,(H2,30,37)(H,31,38)(H,34,39)(H,40,41)/t18-/m0/s1. The number of aryl methyl sites for hydroxylation is 1. The summed E-state index contributed by atoms with van der Waals surface area (Å²) in [7, 11) is 1.57. The van der Waals surface area contributed by atoms with Crippen molar-refractivity contribution in [3.63, 3.8) is 0 Å². The number of fused-ring (bicyclic) bond motifs is 3. The highest BCUT2D eigenvalue weighted by molar-refractivity contribution is 6.02. The number of aromatic carboxylic acids is 1. The molecule has 5 N–H and O–H groups in total. The number of nitrogens with zero attached hydrogens (tertiary/aromatic N) is 4. The Kier molecular flexibility index (Phi) is 6.52. The van der Waals surface area contributed by atoms with Crippen LogP contribution in [0.5, 0.6) is 0 Å². The molecule has 14 heteroatoms. The zero-order valence-corrected chi connectivity index (χ0v) is 23.0. The van der Waals surface area contributed by atoms with E-state index in [9.17, 15) is 29.1 Å². The van der Waals surface area contributed by atoms with E-state index in [4.69, 9.17) is 10.2 Å². The maximum atomic E-state index is 13.6. The Morgan fingerprint density at radius 1 is 1.14 bits per heavy atom. The molecule has 2 aromatic carbocycles. The highest BCUT2D eigenvalue weighted by Crippen LogP contribution is 2.35. The number of oxazole rings is 1. The number of carboxylic acids is 1. The summed E-state index contributed by atoms with van der Waals surface area (Å²) < 4.78 is 7.77. The van der Waals surface area contributed by atoms with E-state index in [-0.39, 0.29) is 34.8 Å². The molecule has 0 radical (unpaired) electrons. The largest absolute Gasteiger partial charge is 0.478 e. The second-order valence-electron chi connectivity index (χ2n) is 10.3. The van der Waals surface area contributed by atoms with Gasteiger partial charge in [-0.05, 0) is 66.3 Å². The van der Waals surface area contributed by atoms with Crippen LogP contribution in [0.2, 0.25) is 0 Å². The molecular formula is C29H25N7O7. The van der Waals surface area contributed by atoms with E-state index in [2.05, 4.69) is 20.6 Å². The Labute approximate surface area is 242 Å². The molecular weight excluding hydrogens is 558 g/mol. The van der Waals surface area contributed by atoms with Crippen molar-refractivity contribution in [3.05, 3.63) is 98.2 Å². The maximum absolute atomic E-state index is 13.6. The zero-order valence-electron chi connectivity index (χ0n) is 23.0. The average molecular weight is 584 g/mol. The summed E-state index contributed by atoms with van der Waals surface area (Å²) in [4.78, 5) is 70.5. The van der Waals surface area contributed by atoms with Crippen molar-refractivity contribution >= 4 is 40.4 Å². The summed E-state index contributed by atoms with van der Waals surface area (Å²) in [6.07, 6.45) is 2.37. The van der Waals surface area contributed by atoms with Gasteiger partial charge < -0.3 is 25.9 Å². The lowest BCUT2D eigenvalue weighted by Gasteiger charge is -2.16. The molecule has 0 saturated heterocycles. The third kappa shape index (κ3) is 4.67. The lowest BCUT2D eigenvalue weighted by molar-refractivity contribution is 0.0695. The second kappa shape index (κ2) is 10.2. The highest BCUT2D eigenvalue weighted by atomic mass is 16.4. The van der Waals surface area contributed by atoms with Crippen LogP contribution in [0.25, 0.3) is 16.7 Å². The number of primary amides is 1. The molecule has 0 saturated carbocycles. The molecule has 0 unspecified atom stereocenters. The fourth-order valence-electron chi connectivity index (χ4n) is 5.48. The number of benzene rings is 2. The first-order valence-corrected chi connectivity index (χ1v) is 13.2. The first kappa shape index (κ1) is 27.4. The number of carbonyl (C=O) groups excluding carboxylic acids is 3. The third-order valence-electron chi connectivity index (χ3n) is 7.74. The quantitative estimate of drug-likeness (QED) is 0.219. The Morgan fingerprint density at radius 3 is 2.67 bits per heavy atom. The molecule has 1 atom stereocenters. The summed E-state index contributed by atoms with van der Waals surface area (Å²) >= 11 is 0. The van der Waals surface area contributed by atoms with E-state index in [1.807, 2.05) is 0 Å². The first-order valence-electron chi connectivity index (χ1n) is 13.2. The summed E-state index contributed by atoms with van der Waals surface area (Å²) in [6, 6.07) is 9.14. The lowest BCUT2D eigenvalue weighted by atomic mass is 9.98. The number of nitrogens with two attached hydrogens (primary N) is 1. The zero-order chi connectivity index (χ0) is 30.6. The van der Waals surface area contributed by atoms with E-state index in [1.165, 1.54) is 27.4 Å². The van der Waals surface area contributed by atoms with E-state index in [0.717, 1.165) is 11.1 Å². The average Bonchev–Trinajstić information content (AvgIpc) is 3.67. The van der Waals surface area contributed by atoms with Gasteiger partial charge in [0.25, 0.3) is 17.7 Å².